The van der Waals surface area contributed by atoms with Crippen molar-refractivity contribution in [2.45, 2.75) is 19.3 Å². The fourth-order valence-corrected chi connectivity index (χ4v) is 1.84. The molecule has 82 valence electrons. The summed E-state index contributed by atoms with van der Waals surface area (Å²) < 4.78 is 5.63. The van der Waals surface area contributed by atoms with E-state index in [-0.39, 0.29) is 5.97 Å². The number of nitrogens with two attached hydrogens (primary N) is 1. The zero-order valence-electron chi connectivity index (χ0n) is 8.63. The second-order valence-electron chi connectivity index (χ2n) is 3.29. The minimum atomic E-state index is -0.153. The fraction of sp³-hybridized carbons (Fsp3) is 0.364. The van der Waals surface area contributed by atoms with Gasteiger partial charge in [0, 0.05) is 15.7 Å². The monoisotopic (exact) mass is 319 g/mol. The van der Waals surface area contributed by atoms with E-state index < -0.39 is 0 Å². The van der Waals surface area contributed by atoms with Crippen molar-refractivity contribution >= 4 is 34.2 Å². The Bertz CT molecular complexity index is 352. The molecule has 0 radical (unpaired) electrons. The van der Waals surface area contributed by atoms with E-state index in [2.05, 4.69) is 27.3 Å². The van der Waals surface area contributed by atoms with Crippen LogP contribution in [-0.4, -0.2) is 13.1 Å². The van der Waals surface area contributed by atoms with Crippen LogP contribution in [0.25, 0.3) is 0 Å². The second-order valence-corrected chi connectivity index (χ2v) is 4.45. The van der Waals surface area contributed by atoms with E-state index >= 15 is 0 Å². The Balaban J connectivity index is 2.44. The molecule has 1 aromatic carbocycles. The number of ether oxygens (including phenoxy) is 1. The number of rotatable bonds is 4. The average Bonchev–Trinajstić information content (AvgIpc) is 2.23. The molecule has 2 N–H and O–H groups in total. The molecule has 0 heterocycles. The second kappa shape index (κ2) is 5.95. The van der Waals surface area contributed by atoms with Gasteiger partial charge in [-0.25, -0.2) is 0 Å². The van der Waals surface area contributed by atoms with Gasteiger partial charge in [-0.05, 0) is 53.1 Å². The molecule has 0 saturated carbocycles. The van der Waals surface area contributed by atoms with Gasteiger partial charge in [-0.1, -0.05) is 6.07 Å². The number of carbonyl (C=O) groups excluding carboxylic acids is 1. The SMILES string of the molecule is COC(=O)CCCc1ccc(N)c(I)c1. The van der Waals surface area contributed by atoms with Gasteiger partial charge < -0.3 is 10.5 Å². The number of hydrogen-bond donors (Lipinski definition) is 1. The molecule has 0 aliphatic carbocycles. The van der Waals surface area contributed by atoms with Crippen molar-refractivity contribution in [1.29, 1.82) is 0 Å². The molecule has 15 heavy (non-hydrogen) atoms. The minimum Gasteiger partial charge on any atom is -0.469 e. The Morgan fingerprint density at radius 1 is 1.53 bits per heavy atom. The number of hydrogen-bond acceptors (Lipinski definition) is 3. The summed E-state index contributed by atoms with van der Waals surface area (Å²) in [5.74, 6) is -0.153. The molecule has 3 nitrogen and oxygen atoms in total. The van der Waals surface area contributed by atoms with Crippen LogP contribution in [0.5, 0.6) is 0 Å². The topological polar surface area (TPSA) is 52.3 Å². The molecule has 0 unspecified atom stereocenters. The summed E-state index contributed by atoms with van der Waals surface area (Å²) in [6.07, 6.45) is 2.16. The van der Waals surface area contributed by atoms with Crippen molar-refractivity contribution in [2.24, 2.45) is 0 Å². The number of anilines is 1. The molecule has 0 bridgehead atoms. The molecule has 0 atom stereocenters. The lowest BCUT2D eigenvalue weighted by molar-refractivity contribution is -0.140. The molecule has 0 aliphatic rings. The predicted molar refractivity (Wildman–Crippen MR) is 68.5 cm³/mol. The van der Waals surface area contributed by atoms with Crippen LogP contribution in [0.3, 0.4) is 0 Å². The van der Waals surface area contributed by atoms with E-state index in [1.54, 1.807) is 0 Å². The lowest BCUT2D eigenvalue weighted by atomic mass is 10.1. The van der Waals surface area contributed by atoms with Gasteiger partial charge in [0.15, 0.2) is 0 Å². The van der Waals surface area contributed by atoms with E-state index in [1.807, 2.05) is 18.2 Å². The largest absolute Gasteiger partial charge is 0.469 e. The third-order valence-corrected chi connectivity index (χ3v) is 3.07. The van der Waals surface area contributed by atoms with Crippen molar-refractivity contribution in [2.75, 3.05) is 12.8 Å². The van der Waals surface area contributed by atoms with Gasteiger partial charge in [-0.2, -0.15) is 0 Å². The Morgan fingerprint density at radius 2 is 2.27 bits per heavy atom. The Hall–Kier alpha value is -0.780. The first-order valence-corrected chi connectivity index (χ1v) is 5.82. The summed E-state index contributed by atoms with van der Waals surface area (Å²) in [4.78, 5) is 10.9. The zero-order valence-corrected chi connectivity index (χ0v) is 10.8. The van der Waals surface area contributed by atoms with Gasteiger partial charge in [0.2, 0.25) is 0 Å². The summed E-state index contributed by atoms with van der Waals surface area (Å²) in [5, 5.41) is 0. The van der Waals surface area contributed by atoms with Crippen molar-refractivity contribution in [1.82, 2.24) is 0 Å². The average molecular weight is 319 g/mol. The highest BCUT2D eigenvalue weighted by Crippen LogP contribution is 2.17. The van der Waals surface area contributed by atoms with Gasteiger partial charge in [0.1, 0.15) is 0 Å². The molecule has 0 amide bonds. The van der Waals surface area contributed by atoms with Crippen LogP contribution in [-0.2, 0) is 16.0 Å². The van der Waals surface area contributed by atoms with Crippen LogP contribution in [0.1, 0.15) is 18.4 Å². The zero-order chi connectivity index (χ0) is 11.3. The normalized spacial score (nSPS) is 10.0. The summed E-state index contributed by atoms with van der Waals surface area (Å²) >= 11 is 2.21. The molecule has 0 aromatic heterocycles. The number of esters is 1. The first-order chi connectivity index (χ1) is 7.13. The molecule has 0 saturated heterocycles. The molecule has 1 rings (SSSR count). The van der Waals surface area contributed by atoms with Crippen molar-refractivity contribution < 1.29 is 9.53 Å². The van der Waals surface area contributed by atoms with E-state index in [9.17, 15) is 4.79 Å². The molecular formula is C11H14INO2. The first-order valence-electron chi connectivity index (χ1n) is 4.74. The lowest BCUT2D eigenvalue weighted by Crippen LogP contribution is -2.00. The van der Waals surface area contributed by atoms with Crippen molar-refractivity contribution in [3.8, 4) is 0 Å². The van der Waals surface area contributed by atoms with Gasteiger partial charge in [0.25, 0.3) is 0 Å². The van der Waals surface area contributed by atoms with Gasteiger partial charge in [-0.15, -0.1) is 0 Å². The van der Waals surface area contributed by atoms with Crippen molar-refractivity contribution in [3.05, 3.63) is 27.3 Å². The number of nitrogen functional groups attached to an aromatic ring is 1. The number of carbonyl (C=O) groups is 1. The molecule has 0 fully saturated rings. The van der Waals surface area contributed by atoms with Crippen LogP contribution in [0.4, 0.5) is 5.69 Å². The quantitative estimate of drug-likeness (QED) is 0.527. The smallest absolute Gasteiger partial charge is 0.305 e. The summed E-state index contributed by atoms with van der Waals surface area (Å²) in [7, 11) is 1.41. The van der Waals surface area contributed by atoms with E-state index in [4.69, 9.17) is 5.73 Å². The molecule has 0 spiro atoms. The van der Waals surface area contributed by atoms with E-state index in [1.165, 1.54) is 12.7 Å². The first kappa shape index (κ1) is 12.3. The maximum Gasteiger partial charge on any atom is 0.305 e. The van der Waals surface area contributed by atoms with Crippen LogP contribution >= 0.6 is 22.6 Å². The fourth-order valence-electron chi connectivity index (χ4n) is 1.27. The lowest BCUT2D eigenvalue weighted by Gasteiger charge is -2.03. The van der Waals surface area contributed by atoms with Crippen LogP contribution < -0.4 is 5.73 Å². The Morgan fingerprint density at radius 3 is 2.87 bits per heavy atom. The van der Waals surface area contributed by atoms with Gasteiger partial charge in [0.05, 0.1) is 7.11 Å². The predicted octanol–water partition coefficient (Wildman–Crippen LogP) is 2.37. The maximum absolute atomic E-state index is 10.9. The highest BCUT2D eigenvalue weighted by Gasteiger charge is 2.02. The third-order valence-electron chi connectivity index (χ3n) is 2.14. The summed E-state index contributed by atoms with van der Waals surface area (Å²) in [6, 6.07) is 5.94. The van der Waals surface area contributed by atoms with Crippen LogP contribution in [0.2, 0.25) is 0 Å². The highest BCUT2D eigenvalue weighted by molar-refractivity contribution is 14.1. The van der Waals surface area contributed by atoms with E-state index in [0.717, 1.165) is 22.1 Å². The Kier molecular flexibility index (Phi) is 4.87. The highest BCUT2D eigenvalue weighted by atomic mass is 127. The van der Waals surface area contributed by atoms with Crippen LogP contribution in [0, 0.1) is 3.57 Å². The molecule has 0 aliphatic heterocycles. The molecule has 1 aromatic rings. The number of halogens is 1. The number of methoxy groups -OCH3 is 1. The summed E-state index contributed by atoms with van der Waals surface area (Å²) in [6.45, 7) is 0. The van der Waals surface area contributed by atoms with E-state index in [0.29, 0.717) is 6.42 Å². The number of benzene rings is 1. The number of aryl methyl sites for hydroxylation is 1. The Labute approximate surface area is 103 Å². The molecule has 4 heteroatoms. The maximum atomic E-state index is 10.9. The summed E-state index contributed by atoms with van der Waals surface area (Å²) in [5.41, 5.74) is 7.71. The van der Waals surface area contributed by atoms with Crippen molar-refractivity contribution in [3.63, 3.8) is 0 Å². The standard InChI is InChI=1S/C11H14INO2/c1-15-11(14)4-2-3-8-5-6-10(13)9(12)7-8/h5-7H,2-4,13H2,1H3. The molecular weight excluding hydrogens is 305 g/mol. The van der Waals surface area contributed by atoms with Gasteiger partial charge in [-0.3, -0.25) is 4.79 Å². The van der Waals surface area contributed by atoms with Gasteiger partial charge >= 0.3 is 5.97 Å². The minimum absolute atomic E-state index is 0.153. The van der Waals surface area contributed by atoms with Crippen LogP contribution in [0.15, 0.2) is 18.2 Å². The third kappa shape index (κ3) is 4.07.